The number of urea groups is 1. The zero-order chi connectivity index (χ0) is 15.4. The molecular formula is C16H21ClN2O2. The van der Waals surface area contributed by atoms with Crippen molar-refractivity contribution in [3.63, 3.8) is 0 Å². The molecule has 2 amide bonds. The Hall–Kier alpha value is -1.52. The van der Waals surface area contributed by atoms with E-state index in [2.05, 4.69) is 11.9 Å². The molecule has 21 heavy (non-hydrogen) atoms. The van der Waals surface area contributed by atoms with Crippen LogP contribution in [0, 0.1) is 5.92 Å². The molecular weight excluding hydrogens is 288 g/mol. The van der Waals surface area contributed by atoms with E-state index in [1.807, 2.05) is 6.08 Å². The van der Waals surface area contributed by atoms with Crippen LogP contribution >= 0.6 is 11.6 Å². The molecule has 114 valence electrons. The van der Waals surface area contributed by atoms with Gasteiger partial charge in [0.05, 0.1) is 12.1 Å². The number of hydrogen-bond acceptors (Lipinski definition) is 2. The SMILES string of the molecule is C=CC1CCC(N(C)C(=O)Nc2cccc(Cl)c2)C(O)C1. The van der Waals surface area contributed by atoms with Crippen LogP contribution in [0.1, 0.15) is 19.3 Å². The Morgan fingerprint density at radius 2 is 2.29 bits per heavy atom. The van der Waals surface area contributed by atoms with Crippen LogP contribution in [0.4, 0.5) is 10.5 Å². The maximum absolute atomic E-state index is 12.3. The van der Waals surface area contributed by atoms with E-state index in [0.29, 0.717) is 23.0 Å². The molecule has 0 radical (unpaired) electrons. The normalized spacial score (nSPS) is 25.2. The van der Waals surface area contributed by atoms with Gasteiger partial charge in [-0.05, 0) is 43.4 Å². The number of anilines is 1. The second-order valence-corrected chi connectivity index (χ2v) is 5.93. The highest BCUT2D eigenvalue weighted by Crippen LogP contribution is 2.28. The van der Waals surface area contributed by atoms with E-state index >= 15 is 0 Å². The first kappa shape index (κ1) is 15.9. The Bertz CT molecular complexity index is 521. The third-order valence-electron chi connectivity index (χ3n) is 4.05. The largest absolute Gasteiger partial charge is 0.391 e. The first-order chi connectivity index (χ1) is 10.0. The quantitative estimate of drug-likeness (QED) is 0.839. The smallest absolute Gasteiger partial charge is 0.321 e. The first-order valence-electron chi connectivity index (χ1n) is 7.11. The summed E-state index contributed by atoms with van der Waals surface area (Å²) in [6, 6.07) is 6.60. The predicted octanol–water partition coefficient (Wildman–Crippen LogP) is 3.52. The molecule has 4 nitrogen and oxygen atoms in total. The minimum atomic E-state index is -0.517. The van der Waals surface area contributed by atoms with Crippen molar-refractivity contribution < 1.29 is 9.90 Å². The van der Waals surface area contributed by atoms with Gasteiger partial charge in [-0.25, -0.2) is 4.79 Å². The number of carbonyl (C=O) groups excluding carboxylic acids is 1. The molecule has 2 N–H and O–H groups in total. The topological polar surface area (TPSA) is 52.6 Å². The van der Waals surface area contributed by atoms with Gasteiger partial charge in [-0.2, -0.15) is 0 Å². The van der Waals surface area contributed by atoms with Crippen molar-refractivity contribution in [3.05, 3.63) is 41.9 Å². The molecule has 0 heterocycles. The van der Waals surface area contributed by atoms with Gasteiger partial charge in [-0.3, -0.25) is 0 Å². The summed E-state index contributed by atoms with van der Waals surface area (Å²) in [6.07, 6.45) is 3.74. The van der Waals surface area contributed by atoms with Gasteiger partial charge in [0.1, 0.15) is 0 Å². The molecule has 0 aliphatic heterocycles. The standard InChI is InChI=1S/C16H21ClN2O2/c1-3-11-7-8-14(15(20)9-11)19(2)16(21)18-13-6-4-5-12(17)10-13/h3-6,10-11,14-15,20H,1,7-9H2,2H3,(H,18,21). The van der Waals surface area contributed by atoms with Gasteiger partial charge in [-0.1, -0.05) is 23.7 Å². The summed E-state index contributed by atoms with van der Waals surface area (Å²) in [4.78, 5) is 13.8. The van der Waals surface area contributed by atoms with Crippen LogP contribution in [0.2, 0.25) is 5.02 Å². The molecule has 0 bridgehead atoms. The van der Waals surface area contributed by atoms with E-state index in [9.17, 15) is 9.90 Å². The third kappa shape index (κ3) is 3.99. The number of rotatable bonds is 3. The molecule has 1 saturated carbocycles. The van der Waals surface area contributed by atoms with Crippen molar-refractivity contribution in [1.82, 2.24) is 4.90 Å². The molecule has 2 rings (SSSR count). The summed E-state index contributed by atoms with van der Waals surface area (Å²) >= 11 is 5.90. The number of halogens is 1. The predicted molar refractivity (Wildman–Crippen MR) is 85.6 cm³/mol. The van der Waals surface area contributed by atoms with E-state index in [0.717, 1.165) is 12.8 Å². The molecule has 0 aromatic heterocycles. The molecule has 0 spiro atoms. The number of aliphatic hydroxyl groups excluding tert-OH is 1. The van der Waals surface area contributed by atoms with Gasteiger partial charge >= 0.3 is 6.03 Å². The summed E-state index contributed by atoms with van der Waals surface area (Å²) in [7, 11) is 1.71. The van der Waals surface area contributed by atoms with Crippen LogP contribution in [-0.4, -0.2) is 35.2 Å². The molecule has 3 unspecified atom stereocenters. The number of nitrogens with zero attached hydrogens (tertiary/aromatic N) is 1. The van der Waals surface area contributed by atoms with Crippen molar-refractivity contribution in [2.24, 2.45) is 5.92 Å². The number of benzene rings is 1. The van der Waals surface area contributed by atoms with Crippen molar-refractivity contribution in [3.8, 4) is 0 Å². The van der Waals surface area contributed by atoms with E-state index in [-0.39, 0.29) is 12.1 Å². The maximum atomic E-state index is 12.3. The van der Waals surface area contributed by atoms with Gasteiger partial charge < -0.3 is 15.3 Å². The molecule has 5 heteroatoms. The van der Waals surface area contributed by atoms with Crippen LogP contribution in [0.15, 0.2) is 36.9 Å². The molecule has 1 aliphatic rings. The Kier molecular flexibility index (Phi) is 5.26. The highest BCUT2D eigenvalue weighted by atomic mass is 35.5. The Morgan fingerprint density at radius 1 is 1.52 bits per heavy atom. The van der Waals surface area contributed by atoms with Crippen molar-refractivity contribution in [1.29, 1.82) is 0 Å². The van der Waals surface area contributed by atoms with Crippen LogP contribution < -0.4 is 5.32 Å². The monoisotopic (exact) mass is 308 g/mol. The fourth-order valence-corrected chi connectivity index (χ4v) is 2.95. The summed E-state index contributed by atoms with van der Waals surface area (Å²) in [5.41, 5.74) is 0.647. The lowest BCUT2D eigenvalue weighted by Crippen LogP contribution is -2.49. The summed E-state index contributed by atoms with van der Waals surface area (Å²) in [6.45, 7) is 3.77. The average Bonchev–Trinajstić information content (AvgIpc) is 2.46. The highest BCUT2D eigenvalue weighted by Gasteiger charge is 2.32. The average molecular weight is 309 g/mol. The molecule has 0 saturated heterocycles. The van der Waals surface area contributed by atoms with Crippen LogP contribution in [0.5, 0.6) is 0 Å². The van der Waals surface area contributed by atoms with Crippen LogP contribution in [-0.2, 0) is 0 Å². The summed E-state index contributed by atoms with van der Waals surface area (Å²) in [5.74, 6) is 0.334. The number of likely N-dealkylation sites (N-methyl/N-ethyl adjacent to an activating group) is 1. The summed E-state index contributed by atoms with van der Waals surface area (Å²) < 4.78 is 0. The van der Waals surface area contributed by atoms with Crippen molar-refractivity contribution in [2.75, 3.05) is 12.4 Å². The lowest BCUT2D eigenvalue weighted by atomic mass is 9.83. The number of amides is 2. The molecule has 1 aliphatic carbocycles. The fourth-order valence-electron chi connectivity index (χ4n) is 2.76. The van der Waals surface area contributed by atoms with Gasteiger partial charge in [-0.15, -0.1) is 6.58 Å². The highest BCUT2D eigenvalue weighted by molar-refractivity contribution is 6.30. The van der Waals surface area contributed by atoms with E-state index in [1.54, 1.807) is 36.2 Å². The van der Waals surface area contributed by atoms with Crippen LogP contribution in [0.3, 0.4) is 0 Å². The van der Waals surface area contributed by atoms with Gasteiger partial charge in [0.25, 0.3) is 0 Å². The van der Waals surface area contributed by atoms with Crippen LogP contribution in [0.25, 0.3) is 0 Å². The minimum absolute atomic E-state index is 0.166. The number of carbonyl (C=O) groups is 1. The number of hydrogen-bond donors (Lipinski definition) is 2. The third-order valence-corrected chi connectivity index (χ3v) is 4.28. The Balaban J connectivity index is 1.97. The molecule has 1 aromatic carbocycles. The zero-order valence-electron chi connectivity index (χ0n) is 12.1. The zero-order valence-corrected chi connectivity index (χ0v) is 12.9. The fraction of sp³-hybridized carbons (Fsp3) is 0.438. The summed E-state index contributed by atoms with van der Waals surface area (Å²) in [5, 5.41) is 13.6. The van der Waals surface area contributed by atoms with Crippen molar-refractivity contribution >= 4 is 23.3 Å². The lowest BCUT2D eigenvalue weighted by Gasteiger charge is -2.37. The number of nitrogens with one attached hydrogen (secondary N) is 1. The van der Waals surface area contributed by atoms with Crippen molar-refractivity contribution in [2.45, 2.75) is 31.4 Å². The lowest BCUT2D eigenvalue weighted by molar-refractivity contribution is 0.0370. The second-order valence-electron chi connectivity index (χ2n) is 5.49. The minimum Gasteiger partial charge on any atom is -0.391 e. The van der Waals surface area contributed by atoms with E-state index < -0.39 is 6.10 Å². The van der Waals surface area contributed by atoms with Gasteiger partial charge in [0.15, 0.2) is 0 Å². The van der Waals surface area contributed by atoms with Gasteiger partial charge in [0.2, 0.25) is 0 Å². The molecule has 1 aromatic rings. The first-order valence-corrected chi connectivity index (χ1v) is 7.49. The number of aliphatic hydroxyl groups is 1. The van der Waals surface area contributed by atoms with E-state index in [1.165, 1.54) is 0 Å². The molecule has 3 atom stereocenters. The van der Waals surface area contributed by atoms with E-state index in [4.69, 9.17) is 11.6 Å². The second kappa shape index (κ2) is 6.96. The Labute approximate surface area is 130 Å². The molecule has 1 fully saturated rings. The van der Waals surface area contributed by atoms with Gasteiger partial charge in [0, 0.05) is 17.8 Å². The Morgan fingerprint density at radius 3 is 2.90 bits per heavy atom. The maximum Gasteiger partial charge on any atom is 0.321 e. The number of allylic oxidation sites excluding steroid dienone is 1.